The van der Waals surface area contributed by atoms with Crippen LogP contribution in [0.5, 0.6) is 0 Å². The molecule has 2 aliphatic carbocycles. The van der Waals surface area contributed by atoms with Gasteiger partial charge in [-0.3, -0.25) is 0 Å². The minimum absolute atomic E-state index is 0. The third-order valence-corrected chi connectivity index (χ3v) is 20.7. The summed E-state index contributed by atoms with van der Waals surface area (Å²) in [7, 11) is 0. The van der Waals surface area contributed by atoms with Crippen molar-refractivity contribution in [3.8, 4) is 11.1 Å². The molecule has 6 aromatic carbocycles. The van der Waals surface area contributed by atoms with Gasteiger partial charge in [0.25, 0.3) is 0 Å². The van der Waals surface area contributed by atoms with E-state index in [1.807, 2.05) is 0 Å². The predicted molar refractivity (Wildman–Crippen MR) is 267 cm³/mol. The minimum Gasteiger partial charge on any atom is -0.147 e. The van der Waals surface area contributed by atoms with Gasteiger partial charge >= 0.3 is 368 Å². The molecule has 60 heavy (non-hydrogen) atoms. The Balaban J connectivity index is 0.00000302. The van der Waals surface area contributed by atoms with Gasteiger partial charge in [0, 0.05) is 0 Å². The number of rotatable bonds is 4. The molecule has 0 saturated carbocycles. The van der Waals surface area contributed by atoms with E-state index in [-0.39, 0.29) is 46.5 Å². The van der Waals surface area contributed by atoms with Crippen LogP contribution < -0.4 is 3.27 Å². The fourth-order valence-electron chi connectivity index (χ4n) is 9.72. The molecular weight excluding hydrogens is 894 g/mol. The summed E-state index contributed by atoms with van der Waals surface area (Å²) in [5, 5.41) is 6.19. The molecule has 6 aromatic rings. The van der Waals surface area contributed by atoms with E-state index in [1.165, 1.54) is 58.5 Å². The van der Waals surface area contributed by atoms with Gasteiger partial charge in [-0.15, -0.1) is 24.8 Å². The van der Waals surface area contributed by atoms with Crippen LogP contribution in [0.3, 0.4) is 0 Å². The van der Waals surface area contributed by atoms with Crippen molar-refractivity contribution in [3.63, 3.8) is 0 Å². The third kappa shape index (κ3) is 8.26. The van der Waals surface area contributed by atoms with Crippen molar-refractivity contribution < 1.29 is 21.3 Å². The Morgan fingerprint density at radius 2 is 1.00 bits per heavy atom. The first-order valence-electron chi connectivity index (χ1n) is 21.0. The predicted octanol–water partition coefficient (Wildman–Crippen LogP) is 16.3. The van der Waals surface area contributed by atoms with Gasteiger partial charge in [-0.05, 0) is 0 Å². The van der Waals surface area contributed by atoms with Gasteiger partial charge in [-0.25, -0.2) is 0 Å². The zero-order chi connectivity index (χ0) is 41.7. The van der Waals surface area contributed by atoms with Crippen LogP contribution in [0.2, 0.25) is 10.0 Å². The Hall–Kier alpha value is -2.77. The molecule has 0 N–H and O–H groups in total. The van der Waals surface area contributed by atoms with Crippen molar-refractivity contribution in [3.05, 3.63) is 167 Å². The number of hydrogen-bond acceptors (Lipinski definition) is 0. The minimum atomic E-state index is -3.28. The summed E-state index contributed by atoms with van der Waals surface area (Å²) in [6.45, 7) is 29.0. The zero-order valence-electron chi connectivity index (χ0n) is 37.4. The number of benzene rings is 6. The van der Waals surface area contributed by atoms with Crippen molar-refractivity contribution in [2.45, 2.75) is 118 Å². The fourth-order valence-corrected chi connectivity index (χ4v) is 19.4. The maximum atomic E-state index is 7.06. The Morgan fingerprint density at radius 3 is 1.45 bits per heavy atom. The van der Waals surface area contributed by atoms with Crippen LogP contribution in [0.15, 0.2) is 113 Å². The Labute approximate surface area is 389 Å². The average Bonchev–Trinajstić information content (AvgIpc) is 3.81. The van der Waals surface area contributed by atoms with E-state index in [2.05, 4.69) is 192 Å². The Kier molecular flexibility index (Phi) is 13.0. The number of halogens is 4. The van der Waals surface area contributed by atoms with Crippen LogP contribution in [-0.2, 0) is 49.3 Å². The van der Waals surface area contributed by atoms with Gasteiger partial charge in [0.2, 0.25) is 0 Å². The van der Waals surface area contributed by atoms with Crippen molar-refractivity contribution in [1.82, 2.24) is 0 Å². The van der Waals surface area contributed by atoms with Crippen LogP contribution in [0.1, 0.15) is 134 Å². The SMILES string of the molecule is CC(C)(C)c1cc2c(cc1C(C)(C)C)-c1cc(C(C)(C)C)c(C(C)(C)C)[c]([Zr]([C]3=CC=CC3)=[C](c3ccc(Cl)c4ccccc34)c3ccc(Cl)c4ccccc34)c1C2.Cl.Cl. The standard InChI is InChI=1S/C29H41.C21H12Cl2.C5H5.2ClH.Zr/c1-26(2,3)22-14-18-13-19-15-23(27(4,5)6)25(29(10,11)12)17-21(19)20(18)16-24(22)28(7,8)9;22-20-11-9-14(16-5-1-3-7-18(16)20)13-15-10-12-21(23)19-8-4-2-6-17(15)19;1-2-4-5-3-1;;;/h14,16-17H,13H2,1-12H3;1-12H;1-3H,4H2;2*1H;. The molecular formula is C55H60Cl4Zr. The quantitative estimate of drug-likeness (QED) is 0.165. The van der Waals surface area contributed by atoms with E-state index in [0.717, 1.165) is 33.7 Å². The third-order valence-electron chi connectivity index (χ3n) is 12.4. The Morgan fingerprint density at radius 1 is 0.533 bits per heavy atom. The van der Waals surface area contributed by atoms with E-state index >= 15 is 0 Å². The summed E-state index contributed by atoms with van der Waals surface area (Å²) in [4.78, 5) is 0. The average molecular weight is 954 g/mol. The molecule has 0 atom stereocenters. The molecule has 0 aliphatic heterocycles. The normalized spacial score (nSPS) is 13.8. The van der Waals surface area contributed by atoms with Gasteiger partial charge in [0.1, 0.15) is 0 Å². The Bertz CT molecular complexity index is 2680. The van der Waals surface area contributed by atoms with Crippen LogP contribution in [0.25, 0.3) is 32.7 Å². The fraction of sp³-hybridized carbons (Fsp3) is 0.327. The molecule has 312 valence electrons. The second kappa shape index (κ2) is 16.7. The summed E-state index contributed by atoms with van der Waals surface area (Å²) in [5.41, 5.74) is 14.3. The van der Waals surface area contributed by atoms with Crippen molar-refractivity contribution in [1.29, 1.82) is 0 Å². The molecule has 0 saturated heterocycles. The van der Waals surface area contributed by atoms with E-state index < -0.39 is 21.3 Å². The molecule has 0 spiro atoms. The summed E-state index contributed by atoms with van der Waals surface area (Å²) in [6, 6.07) is 34.3. The molecule has 8 rings (SSSR count). The van der Waals surface area contributed by atoms with E-state index in [9.17, 15) is 0 Å². The second-order valence-electron chi connectivity index (χ2n) is 20.8. The molecule has 2 aliphatic rings. The van der Waals surface area contributed by atoms with Gasteiger partial charge in [0.15, 0.2) is 0 Å². The summed E-state index contributed by atoms with van der Waals surface area (Å²) >= 11 is 10.8. The molecule has 0 amide bonds. The first-order valence-corrected chi connectivity index (χ1v) is 25.5. The smallest absolute Gasteiger partial charge is 0.147 e. The molecule has 0 unspecified atom stereocenters. The monoisotopic (exact) mass is 950 g/mol. The molecule has 0 bridgehead atoms. The maximum absolute atomic E-state index is 7.06. The van der Waals surface area contributed by atoms with E-state index in [1.54, 1.807) is 17.7 Å². The summed E-state index contributed by atoms with van der Waals surface area (Å²) in [6.07, 6.45) is 9.12. The van der Waals surface area contributed by atoms with Crippen molar-refractivity contribution in [2.24, 2.45) is 0 Å². The molecule has 0 aromatic heterocycles. The van der Waals surface area contributed by atoms with Gasteiger partial charge in [-0.2, -0.15) is 0 Å². The molecule has 0 nitrogen and oxygen atoms in total. The topological polar surface area (TPSA) is 0 Å². The largest absolute Gasteiger partial charge is 0.147 e. The van der Waals surface area contributed by atoms with Gasteiger partial charge in [-0.1, -0.05) is 0 Å². The van der Waals surface area contributed by atoms with E-state index in [0.29, 0.717) is 0 Å². The maximum Gasteiger partial charge on any atom is -0.147 e. The molecule has 0 radical (unpaired) electrons. The van der Waals surface area contributed by atoms with E-state index in [4.69, 9.17) is 23.2 Å². The van der Waals surface area contributed by atoms with Crippen molar-refractivity contribution in [2.75, 3.05) is 0 Å². The zero-order valence-corrected chi connectivity index (χ0v) is 43.0. The molecule has 5 heteroatoms. The van der Waals surface area contributed by atoms with Crippen LogP contribution in [0.4, 0.5) is 0 Å². The summed E-state index contributed by atoms with van der Waals surface area (Å²) in [5.74, 6) is 0. The van der Waals surface area contributed by atoms with Gasteiger partial charge in [0.05, 0.1) is 0 Å². The molecule has 0 fully saturated rings. The second-order valence-corrected chi connectivity index (χ2v) is 27.5. The first kappa shape index (κ1) is 46.7. The molecule has 0 heterocycles. The number of allylic oxidation sites excluding steroid dienone is 4. The summed E-state index contributed by atoms with van der Waals surface area (Å²) < 4.78 is 4.76. The number of hydrogen-bond donors (Lipinski definition) is 0. The number of fused-ring (bicyclic) bond motifs is 5. The van der Waals surface area contributed by atoms with Crippen LogP contribution >= 0.6 is 48.0 Å². The van der Waals surface area contributed by atoms with Crippen LogP contribution in [-0.4, -0.2) is 3.21 Å². The van der Waals surface area contributed by atoms with Gasteiger partial charge < -0.3 is 0 Å². The first-order chi connectivity index (χ1) is 27.2. The van der Waals surface area contributed by atoms with Crippen LogP contribution in [0, 0.1) is 0 Å². The van der Waals surface area contributed by atoms with Crippen molar-refractivity contribution >= 4 is 76.0 Å².